The number of ether oxygens (including phenoxy) is 4. The molecule has 3 aromatic rings. The van der Waals surface area contributed by atoms with Crippen molar-refractivity contribution in [2.24, 2.45) is 0 Å². The summed E-state index contributed by atoms with van der Waals surface area (Å²) in [4.78, 5) is 0. The lowest BCUT2D eigenvalue weighted by Gasteiger charge is -2.42. The molecule has 0 saturated carbocycles. The van der Waals surface area contributed by atoms with Crippen LogP contribution in [0.25, 0.3) is 0 Å². The third-order valence-electron chi connectivity index (χ3n) is 5.60. The Labute approximate surface area is 194 Å². The van der Waals surface area contributed by atoms with Crippen molar-refractivity contribution >= 4 is 0 Å². The average Bonchev–Trinajstić information content (AvgIpc) is 2.86. The minimum Gasteiger partial charge on any atom is -0.385 e. The Kier molecular flexibility index (Phi) is 8.60. The Bertz CT molecular complexity index is 937. The molecule has 2 N–H and O–H groups in total. The van der Waals surface area contributed by atoms with Crippen LogP contribution < -0.4 is 0 Å². The molecule has 0 aliphatic carbocycles. The van der Waals surface area contributed by atoms with E-state index in [0.717, 1.165) is 16.7 Å². The summed E-state index contributed by atoms with van der Waals surface area (Å²) in [6, 6.07) is 29.3. The molecular formula is C27H30O6. The summed E-state index contributed by atoms with van der Waals surface area (Å²) < 4.78 is 23.9. The van der Waals surface area contributed by atoms with Gasteiger partial charge in [0.2, 0.25) is 0 Å². The second-order valence-corrected chi connectivity index (χ2v) is 8.08. The number of aliphatic hydroxyl groups excluding tert-OH is 2. The molecule has 0 amide bonds. The average molecular weight is 451 g/mol. The summed E-state index contributed by atoms with van der Waals surface area (Å²) in [5.41, 5.74) is 2.99. The predicted molar refractivity (Wildman–Crippen MR) is 123 cm³/mol. The SMILES string of the molecule is OC1C(OCc2ccccc2)[C@H](OCc2ccccc2)C(COCc2ccccc2)O[C@H]1O. The first kappa shape index (κ1) is 23.6. The molecule has 0 radical (unpaired) electrons. The highest BCUT2D eigenvalue weighted by Gasteiger charge is 2.46. The van der Waals surface area contributed by atoms with Gasteiger partial charge in [-0.25, -0.2) is 0 Å². The Balaban J connectivity index is 1.46. The van der Waals surface area contributed by atoms with E-state index in [1.807, 2.05) is 91.0 Å². The van der Waals surface area contributed by atoms with E-state index in [1.54, 1.807) is 0 Å². The van der Waals surface area contributed by atoms with Gasteiger partial charge in [-0.2, -0.15) is 0 Å². The van der Waals surface area contributed by atoms with Crippen LogP contribution in [0.5, 0.6) is 0 Å². The molecule has 3 aromatic carbocycles. The number of hydrogen-bond donors (Lipinski definition) is 2. The number of hydrogen-bond acceptors (Lipinski definition) is 6. The molecule has 1 saturated heterocycles. The van der Waals surface area contributed by atoms with Gasteiger partial charge in [-0.15, -0.1) is 0 Å². The van der Waals surface area contributed by atoms with Crippen LogP contribution in [0.3, 0.4) is 0 Å². The van der Waals surface area contributed by atoms with Crippen molar-refractivity contribution in [1.29, 1.82) is 0 Å². The largest absolute Gasteiger partial charge is 0.385 e. The lowest BCUT2D eigenvalue weighted by atomic mass is 9.98. The lowest BCUT2D eigenvalue weighted by molar-refractivity contribution is -0.307. The van der Waals surface area contributed by atoms with Crippen LogP contribution in [-0.2, 0) is 38.8 Å². The fourth-order valence-corrected chi connectivity index (χ4v) is 3.84. The van der Waals surface area contributed by atoms with Crippen LogP contribution in [-0.4, -0.2) is 47.5 Å². The standard InChI is InChI=1S/C27H30O6/c28-24-26(32-18-22-14-8-3-9-15-22)25(31-17-21-12-6-2-7-13-21)23(33-27(24)29)19-30-16-20-10-4-1-5-11-20/h1-15,23-29H,16-19H2/t23?,24?,25-,26?,27-/m1/s1. The zero-order valence-electron chi connectivity index (χ0n) is 18.4. The maximum atomic E-state index is 10.7. The van der Waals surface area contributed by atoms with E-state index < -0.39 is 30.7 Å². The van der Waals surface area contributed by atoms with E-state index in [2.05, 4.69) is 0 Å². The zero-order chi connectivity index (χ0) is 22.9. The fraction of sp³-hybridized carbons (Fsp3) is 0.333. The third-order valence-corrected chi connectivity index (χ3v) is 5.60. The van der Waals surface area contributed by atoms with Crippen LogP contribution in [0, 0.1) is 0 Å². The molecule has 33 heavy (non-hydrogen) atoms. The van der Waals surface area contributed by atoms with Gasteiger partial charge in [-0.3, -0.25) is 0 Å². The molecule has 6 nitrogen and oxygen atoms in total. The van der Waals surface area contributed by atoms with Gasteiger partial charge >= 0.3 is 0 Å². The topological polar surface area (TPSA) is 77.4 Å². The van der Waals surface area contributed by atoms with Gasteiger partial charge < -0.3 is 29.2 Å². The van der Waals surface area contributed by atoms with Gasteiger partial charge in [0, 0.05) is 0 Å². The number of rotatable bonds is 10. The maximum Gasteiger partial charge on any atom is 0.184 e. The zero-order valence-corrected chi connectivity index (χ0v) is 18.4. The van der Waals surface area contributed by atoms with E-state index in [0.29, 0.717) is 13.2 Å². The van der Waals surface area contributed by atoms with Gasteiger partial charge in [0.25, 0.3) is 0 Å². The minimum atomic E-state index is -1.40. The minimum absolute atomic E-state index is 0.184. The van der Waals surface area contributed by atoms with Crippen molar-refractivity contribution in [3.63, 3.8) is 0 Å². The molecular weight excluding hydrogens is 420 g/mol. The van der Waals surface area contributed by atoms with Crippen molar-refractivity contribution in [3.05, 3.63) is 108 Å². The molecule has 5 atom stereocenters. The molecule has 0 aromatic heterocycles. The van der Waals surface area contributed by atoms with Crippen molar-refractivity contribution in [2.45, 2.75) is 50.5 Å². The highest BCUT2D eigenvalue weighted by Crippen LogP contribution is 2.27. The van der Waals surface area contributed by atoms with Crippen molar-refractivity contribution in [3.8, 4) is 0 Å². The van der Waals surface area contributed by atoms with E-state index in [4.69, 9.17) is 18.9 Å². The Hall–Kier alpha value is -2.58. The molecule has 6 heteroatoms. The summed E-state index contributed by atoms with van der Waals surface area (Å²) in [6.45, 7) is 1.18. The van der Waals surface area contributed by atoms with Crippen LogP contribution in [0.15, 0.2) is 91.0 Å². The molecule has 0 spiro atoms. The Morgan fingerprint density at radius 3 is 1.58 bits per heavy atom. The molecule has 3 unspecified atom stereocenters. The predicted octanol–water partition coefficient (Wildman–Crippen LogP) is 3.45. The highest BCUT2D eigenvalue weighted by atomic mass is 16.7. The first-order valence-electron chi connectivity index (χ1n) is 11.1. The van der Waals surface area contributed by atoms with Gasteiger partial charge in [-0.05, 0) is 16.7 Å². The van der Waals surface area contributed by atoms with Crippen molar-refractivity contribution in [1.82, 2.24) is 0 Å². The summed E-state index contributed by atoms with van der Waals surface area (Å²) in [7, 11) is 0. The monoisotopic (exact) mass is 450 g/mol. The summed E-state index contributed by atoms with van der Waals surface area (Å²) in [6.07, 6.45) is -4.68. The molecule has 0 bridgehead atoms. The van der Waals surface area contributed by atoms with Crippen molar-refractivity contribution in [2.75, 3.05) is 6.61 Å². The summed E-state index contributed by atoms with van der Waals surface area (Å²) >= 11 is 0. The van der Waals surface area contributed by atoms with Gasteiger partial charge in [0.15, 0.2) is 6.29 Å². The molecule has 174 valence electrons. The third kappa shape index (κ3) is 6.71. The number of benzene rings is 3. The number of aliphatic hydroxyl groups is 2. The van der Waals surface area contributed by atoms with E-state index in [-0.39, 0.29) is 13.2 Å². The summed E-state index contributed by atoms with van der Waals surface area (Å²) in [5, 5.41) is 21.1. The fourth-order valence-electron chi connectivity index (χ4n) is 3.84. The van der Waals surface area contributed by atoms with Crippen LogP contribution in [0.2, 0.25) is 0 Å². The maximum absolute atomic E-state index is 10.7. The van der Waals surface area contributed by atoms with Gasteiger partial charge in [0.1, 0.15) is 24.4 Å². The second kappa shape index (κ2) is 12.0. The first-order chi connectivity index (χ1) is 16.2. The highest BCUT2D eigenvalue weighted by molar-refractivity contribution is 5.15. The van der Waals surface area contributed by atoms with E-state index >= 15 is 0 Å². The lowest BCUT2D eigenvalue weighted by Crippen LogP contribution is -2.60. The smallest absolute Gasteiger partial charge is 0.184 e. The normalized spacial score (nSPS) is 25.1. The molecule has 1 fully saturated rings. The van der Waals surface area contributed by atoms with Crippen LogP contribution in [0.1, 0.15) is 16.7 Å². The molecule has 1 aliphatic heterocycles. The second-order valence-electron chi connectivity index (χ2n) is 8.08. The Morgan fingerprint density at radius 1 is 0.606 bits per heavy atom. The molecule has 1 heterocycles. The van der Waals surface area contributed by atoms with Crippen LogP contribution in [0.4, 0.5) is 0 Å². The Morgan fingerprint density at radius 2 is 1.06 bits per heavy atom. The molecule has 1 aliphatic rings. The van der Waals surface area contributed by atoms with E-state index in [1.165, 1.54) is 0 Å². The van der Waals surface area contributed by atoms with E-state index in [9.17, 15) is 10.2 Å². The summed E-state index contributed by atoms with van der Waals surface area (Å²) in [5.74, 6) is 0. The quantitative estimate of drug-likeness (QED) is 0.493. The van der Waals surface area contributed by atoms with Gasteiger partial charge in [0.05, 0.1) is 26.4 Å². The van der Waals surface area contributed by atoms with Crippen molar-refractivity contribution < 1.29 is 29.2 Å². The first-order valence-corrected chi connectivity index (χ1v) is 11.1. The van der Waals surface area contributed by atoms with Crippen LogP contribution >= 0.6 is 0 Å². The van der Waals surface area contributed by atoms with Gasteiger partial charge in [-0.1, -0.05) is 91.0 Å². The molecule has 4 rings (SSSR count).